The Balaban J connectivity index is 2.13. The maximum Gasteiger partial charge on any atom is 0.0549 e. The van der Waals surface area contributed by atoms with E-state index in [0.29, 0.717) is 5.02 Å². The summed E-state index contributed by atoms with van der Waals surface area (Å²) in [5, 5.41) is 4.12. The van der Waals surface area contributed by atoms with Gasteiger partial charge >= 0.3 is 0 Å². The third-order valence-corrected chi connectivity index (χ3v) is 3.72. The molecule has 4 heteroatoms. The zero-order valence-electron chi connectivity index (χ0n) is 9.32. The van der Waals surface area contributed by atoms with E-state index < -0.39 is 0 Å². The first-order valence-corrected chi connectivity index (χ1v) is 6.45. The summed E-state index contributed by atoms with van der Waals surface area (Å²) in [5.41, 5.74) is 2.23. The van der Waals surface area contributed by atoms with Gasteiger partial charge in [-0.2, -0.15) is 0 Å². The van der Waals surface area contributed by atoms with Crippen LogP contribution in [0.4, 0.5) is 5.69 Å². The van der Waals surface area contributed by atoms with Crippen LogP contribution < -0.4 is 5.32 Å². The predicted octanol–water partition coefficient (Wildman–Crippen LogP) is 4.67. The van der Waals surface area contributed by atoms with E-state index in [0.717, 1.165) is 10.2 Å². The van der Waals surface area contributed by atoms with Crippen LogP contribution in [0.2, 0.25) is 5.02 Å². The smallest absolute Gasteiger partial charge is 0.0549 e. The molecule has 0 amide bonds. The summed E-state index contributed by atoms with van der Waals surface area (Å²) in [6.07, 6.45) is 3.59. The third kappa shape index (κ3) is 3.20. The first-order chi connectivity index (χ1) is 8.16. The molecule has 2 nitrogen and oxygen atoms in total. The van der Waals surface area contributed by atoms with Crippen molar-refractivity contribution < 1.29 is 0 Å². The number of hydrogen-bond acceptors (Lipinski definition) is 2. The Hall–Kier alpha value is -1.06. The van der Waals surface area contributed by atoms with Crippen molar-refractivity contribution in [3.05, 3.63) is 57.8 Å². The fourth-order valence-electron chi connectivity index (χ4n) is 1.57. The van der Waals surface area contributed by atoms with Gasteiger partial charge in [0.2, 0.25) is 0 Å². The molecule has 0 aliphatic carbocycles. The summed E-state index contributed by atoms with van der Waals surface area (Å²) in [5.74, 6) is 0. The molecule has 1 aromatic heterocycles. The number of anilines is 1. The minimum Gasteiger partial charge on any atom is -0.378 e. The van der Waals surface area contributed by atoms with Crippen LogP contribution in [0.5, 0.6) is 0 Å². The lowest BCUT2D eigenvalue weighted by atomic mass is 10.1. The van der Waals surface area contributed by atoms with Gasteiger partial charge < -0.3 is 5.32 Å². The first kappa shape index (κ1) is 12.4. The van der Waals surface area contributed by atoms with Crippen molar-refractivity contribution in [2.24, 2.45) is 0 Å². The minimum absolute atomic E-state index is 0.228. The lowest BCUT2D eigenvalue weighted by molar-refractivity contribution is 0.880. The summed E-state index contributed by atoms with van der Waals surface area (Å²) < 4.78 is 0.895. The van der Waals surface area contributed by atoms with E-state index in [1.165, 1.54) is 5.56 Å². The van der Waals surface area contributed by atoms with Crippen LogP contribution in [-0.4, -0.2) is 4.98 Å². The largest absolute Gasteiger partial charge is 0.378 e. The van der Waals surface area contributed by atoms with Crippen molar-refractivity contribution >= 4 is 33.2 Å². The highest BCUT2D eigenvalue weighted by molar-refractivity contribution is 9.10. The number of pyridine rings is 1. The van der Waals surface area contributed by atoms with E-state index in [4.69, 9.17) is 11.6 Å². The molecule has 1 unspecified atom stereocenters. The molecular weight excluding hydrogens is 300 g/mol. The molecule has 1 atom stereocenters. The van der Waals surface area contributed by atoms with E-state index in [2.05, 4.69) is 33.2 Å². The number of hydrogen-bond donors (Lipinski definition) is 1. The van der Waals surface area contributed by atoms with E-state index >= 15 is 0 Å². The van der Waals surface area contributed by atoms with E-state index in [1.54, 1.807) is 12.4 Å². The highest BCUT2D eigenvalue weighted by atomic mass is 79.9. The van der Waals surface area contributed by atoms with Gasteiger partial charge in [-0.05, 0) is 58.7 Å². The Morgan fingerprint density at radius 1 is 1.24 bits per heavy atom. The Morgan fingerprint density at radius 3 is 2.59 bits per heavy atom. The van der Waals surface area contributed by atoms with Crippen molar-refractivity contribution in [1.29, 1.82) is 0 Å². The summed E-state index contributed by atoms with van der Waals surface area (Å²) in [6.45, 7) is 2.11. The summed E-state index contributed by atoms with van der Waals surface area (Å²) >= 11 is 9.36. The molecule has 1 aromatic carbocycles. The fraction of sp³-hybridized carbons (Fsp3) is 0.154. The van der Waals surface area contributed by atoms with Crippen molar-refractivity contribution in [2.75, 3.05) is 5.32 Å². The van der Waals surface area contributed by atoms with Gasteiger partial charge in [0, 0.05) is 28.6 Å². The highest BCUT2D eigenvalue weighted by Crippen LogP contribution is 2.27. The molecule has 0 radical (unpaired) electrons. The molecule has 0 bridgehead atoms. The molecule has 0 saturated carbocycles. The van der Waals surface area contributed by atoms with Crippen LogP contribution in [0, 0.1) is 0 Å². The molecule has 0 aliphatic rings. The molecule has 0 aliphatic heterocycles. The van der Waals surface area contributed by atoms with E-state index in [-0.39, 0.29) is 6.04 Å². The van der Waals surface area contributed by atoms with Crippen molar-refractivity contribution in [3.63, 3.8) is 0 Å². The predicted molar refractivity (Wildman–Crippen MR) is 75.4 cm³/mol. The molecule has 17 heavy (non-hydrogen) atoms. The van der Waals surface area contributed by atoms with E-state index in [1.807, 2.05) is 30.3 Å². The first-order valence-electron chi connectivity index (χ1n) is 5.28. The lowest BCUT2D eigenvalue weighted by Gasteiger charge is -2.15. The highest BCUT2D eigenvalue weighted by Gasteiger charge is 2.05. The maximum absolute atomic E-state index is 5.95. The molecule has 1 heterocycles. The number of nitrogens with zero attached hydrogens (tertiary/aromatic N) is 1. The normalized spacial score (nSPS) is 12.2. The second kappa shape index (κ2) is 5.52. The van der Waals surface area contributed by atoms with Gasteiger partial charge in [0.25, 0.3) is 0 Å². The standard InChI is InChI=1S/C13H12BrClN2/c1-9(10-4-6-16-7-5-10)17-11-2-3-13(15)12(14)8-11/h2-9,17H,1H3. The molecule has 0 saturated heterocycles. The molecule has 0 spiro atoms. The molecule has 2 aromatic rings. The lowest BCUT2D eigenvalue weighted by Crippen LogP contribution is -2.06. The number of rotatable bonds is 3. The Kier molecular flexibility index (Phi) is 4.02. The van der Waals surface area contributed by atoms with E-state index in [9.17, 15) is 0 Å². The average Bonchev–Trinajstić information content (AvgIpc) is 2.35. The van der Waals surface area contributed by atoms with Crippen molar-refractivity contribution in [3.8, 4) is 0 Å². The second-order valence-electron chi connectivity index (χ2n) is 3.78. The molecule has 2 rings (SSSR count). The maximum atomic E-state index is 5.95. The Bertz CT molecular complexity index is 502. The van der Waals surface area contributed by atoms with Gasteiger partial charge in [-0.1, -0.05) is 11.6 Å². The zero-order chi connectivity index (χ0) is 12.3. The Morgan fingerprint density at radius 2 is 1.94 bits per heavy atom. The topological polar surface area (TPSA) is 24.9 Å². The van der Waals surface area contributed by atoms with Crippen LogP contribution in [0.15, 0.2) is 47.2 Å². The summed E-state index contributed by atoms with van der Waals surface area (Å²) in [4.78, 5) is 4.01. The van der Waals surface area contributed by atoms with Gasteiger partial charge in [0.15, 0.2) is 0 Å². The number of nitrogens with one attached hydrogen (secondary N) is 1. The molecule has 0 fully saturated rings. The number of benzene rings is 1. The van der Waals surface area contributed by atoms with Gasteiger partial charge in [-0.3, -0.25) is 4.98 Å². The van der Waals surface area contributed by atoms with Gasteiger partial charge in [0.05, 0.1) is 5.02 Å². The average molecular weight is 312 g/mol. The van der Waals surface area contributed by atoms with Crippen LogP contribution in [-0.2, 0) is 0 Å². The quantitative estimate of drug-likeness (QED) is 0.891. The van der Waals surface area contributed by atoms with Crippen molar-refractivity contribution in [2.45, 2.75) is 13.0 Å². The van der Waals surface area contributed by atoms with Gasteiger partial charge in [0.1, 0.15) is 0 Å². The van der Waals surface area contributed by atoms with Crippen LogP contribution in [0.1, 0.15) is 18.5 Å². The van der Waals surface area contributed by atoms with Crippen LogP contribution in [0.3, 0.4) is 0 Å². The SMILES string of the molecule is CC(Nc1ccc(Cl)c(Br)c1)c1ccncc1. The molecule has 1 N–H and O–H groups in total. The van der Waals surface area contributed by atoms with Gasteiger partial charge in [-0.25, -0.2) is 0 Å². The molecule has 88 valence electrons. The van der Waals surface area contributed by atoms with Crippen molar-refractivity contribution in [1.82, 2.24) is 4.98 Å². The molecular formula is C13H12BrClN2. The van der Waals surface area contributed by atoms with Gasteiger partial charge in [-0.15, -0.1) is 0 Å². The third-order valence-electron chi connectivity index (χ3n) is 2.51. The second-order valence-corrected chi connectivity index (χ2v) is 5.04. The minimum atomic E-state index is 0.228. The summed E-state index contributed by atoms with van der Waals surface area (Å²) in [7, 11) is 0. The summed E-state index contributed by atoms with van der Waals surface area (Å²) in [6, 6.07) is 10.0. The number of halogens is 2. The Labute approximate surface area is 114 Å². The number of aromatic nitrogens is 1. The fourth-order valence-corrected chi connectivity index (χ4v) is 2.07. The van der Waals surface area contributed by atoms with Crippen LogP contribution in [0.25, 0.3) is 0 Å². The zero-order valence-corrected chi connectivity index (χ0v) is 11.7. The van der Waals surface area contributed by atoms with Crippen LogP contribution >= 0.6 is 27.5 Å². The monoisotopic (exact) mass is 310 g/mol.